The molecule has 1 aliphatic rings. The molecule has 7 heteroatoms. The van der Waals surface area contributed by atoms with Crippen molar-refractivity contribution in [3.63, 3.8) is 0 Å². The van der Waals surface area contributed by atoms with Gasteiger partial charge in [-0.05, 0) is 24.6 Å². The normalized spacial score (nSPS) is 20.6. The smallest absolute Gasteiger partial charge is 0.173 e. The molecule has 0 aliphatic heterocycles. The van der Waals surface area contributed by atoms with Gasteiger partial charge in [0.2, 0.25) is 12.4 Å². The van der Waals surface area contributed by atoms with Gasteiger partial charge >= 0.3 is 6.18 Å². The van der Waals surface area contributed by atoms with E-state index in [9.17, 15) is 13.2 Å². The summed E-state index contributed by atoms with van der Waals surface area (Å²) in [6, 6.07) is 0. The maximum Gasteiger partial charge on any atom is 0.418 e. The second kappa shape index (κ2) is 4.62. The first kappa shape index (κ1) is 12.7. The van der Waals surface area contributed by atoms with Crippen molar-refractivity contribution in [1.29, 1.82) is 10.5 Å². The van der Waals surface area contributed by atoms with Crippen molar-refractivity contribution >= 4 is 11.4 Å². The molecular formula is C10H5F3N4. The van der Waals surface area contributed by atoms with E-state index in [0.717, 1.165) is 6.08 Å². The van der Waals surface area contributed by atoms with Gasteiger partial charge in [-0.25, -0.2) is 0 Å². The highest BCUT2D eigenvalue weighted by Gasteiger charge is 2.38. The molecule has 0 heterocycles. The number of aliphatic imine (C=N–C) groups is 2. The van der Waals surface area contributed by atoms with Crippen LogP contribution in [0.3, 0.4) is 0 Å². The van der Waals surface area contributed by atoms with Crippen LogP contribution in [0.2, 0.25) is 0 Å². The number of nitriles is 2. The highest BCUT2D eigenvalue weighted by Crippen LogP contribution is 2.30. The van der Waals surface area contributed by atoms with Crippen molar-refractivity contribution in [3.8, 4) is 12.4 Å². The molecule has 86 valence electrons. The molecule has 0 fully saturated rings. The lowest BCUT2D eigenvalue weighted by atomic mass is 9.96. The molecule has 0 N–H and O–H groups in total. The van der Waals surface area contributed by atoms with Crippen molar-refractivity contribution in [2.75, 3.05) is 0 Å². The number of hydrogen-bond acceptors (Lipinski definition) is 4. The monoisotopic (exact) mass is 238 g/mol. The largest absolute Gasteiger partial charge is 0.418 e. The molecule has 1 aliphatic carbocycles. The van der Waals surface area contributed by atoms with Gasteiger partial charge in [0.1, 0.15) is 0 Å². The Kier molecular flexibility index (Phi) is 3.44. The number of allylic oxidation sites excluding steroid dienone is 4. The van der Waals surface area contributed by atoms with E-state index < -0.39 is 17.5 Å². The Hall–Kier alpha value is -2.41. The van der Waals surface area contributed by atoms with Crippen LogP contribution in [0.1, 0.15) is 6.92 Å². The quantitative estimate of drug-likeness (QED) is 0.479. The predicted molar refractivity (Wildman–Crippen MR) is 54.0 cm³/mol. The van der Waals surface area contributed by atoms with Crippen LogP contribution in [0.15, 0.2) is 33.3 Å². The van der Waals surface area contributed by atoms with Crippen molar-refractivity contribution in [2.24, 2.45) is 9.98 Å². The lowest BCUT2D eigenvalue weighted by molar-refractivity contribution is -0.0859. The SMILES string of the molecule is CC1=CC(=NC#N)C(C(F)(F)F)=CC1=NC#N. The van der Waals surface area contributed by atoms with E-state index in [-0.39, 0.29) is 5.71 Å². The second-order valence-corrected chi connectivity index (χ2v) is 3.08. The summed E-state index contributed by atoms with van der Waals surface area (Å²) in [5.41, 5.74) is -1.31. The standard InChI is InChI=1S/C10H5F3N4/c1-6-2-9(17-5-15)7(10(11,12)13)3-8(6)16-4-14/h2-3H,1H3. The zero-order chi connectivity index (χ0) is 13.1. The average Bonchev–Trinajstić information content (AvgIpc) is 2.20. The molecule has 0 aromatic heterocycles. The Morgan fingerprint density at radius 1 is 1.06 bits per heavy atom. The number of hydrogen-bond donors (Lipinski definition) is 0. The van der Waals surface area contributed by atoms with Crippen LogP contribution in [0.25, 0.3) is 0 Å². The van der Waals surface area contributed by atoms with Gasteiger partial charge < -0.3 is 0 Å². The third kappa shape index (κ3) is 2.79. The van der Waals surface area contributed by atoms with E-state index in [1.165, 1.54) is 19.3 Å². The Labute approximate surface area is 94.7 Å². The van der Waals surface area contributed by atoms with Crippen LogP contribution in [0, 0.1) is 22.9 Å². The van der Waals surface area contributed by atoms with Gasteiger partial charge in [0, 0.05) is 0 Å². The van der Waals surface area contributed by atoms with Crippen LogP contribution >= 0.6 is 0 Å². The van der Waals surface area contributed by atoms with Gasteiger partial charge in [0.15, 0.2) is 0 Å². The van der Waals surface area contributed by atoms with Gasteiger partial charge in [-0.1, -0.05) is 0 Å². The van der Waals surface area contributed by atoms with Gasteiger partial charge in [-0.2, -0.15) is 33.7 Å². The summed E-state index contributed by atoms with van der Waals surface area (Å²) in [5.74, 6) is 0. The van der Waals surface area contributed by atoms with Gasteiger partial charge in [-0.3, -0.25) is 0 Å². The summed E-state index contributed by atoms with van der Waals surface area (Å²) in [6.45, 7) is 1.48. The highest BCUT2D eigenvalue weighted by molar-refractivity contribution is 6.24. The zero-order valence-corrected chi connectivity index (χ0v) is 8.58. The molecule has 0 unspecified atom stereocenters. The predicted octanol–water partition coefficient (Wildman–Crippen LogP) is 2.28. The zero-order valence-electron chi connectivity index (χ0n) is 8.58. The van der Waals surface area contributed by atoms with Crippen LogP contribution in [0.4, 0.5) is 13.2 Å². The second-order valence-electron chi connectivity index (χ2n) is 3.08. The van der Waals surface area contributed by atoms with Crippen molar-refractivity contribution in [1.82, 2.24) is 0 Å². The molecule has 4 nitrogen and oxygen atoms in total. The summed E-state index contributed by atoms with van der Waals surface area (Å²) in [5, 5.41) is 16.7. The van der Waals surface area contributed by atoms with E-state index >= 15 is 0 Å². The molecule has 0 saturated carbocycles. The minimum Gasteiger partial charge on any atom is -0.173 e. The number of rotatable bonds is 0. The van der Waals surface area contributed by atoms with Crippen LogP contribution in [0.5, 0.6) is 0 Å². The first-order chi connectivity index (χ1) is 7.90. The number of halogens is 3. The molecule has 0 bridgehead atoms. The molecule has 0 spiro atoms. The maximum atomic E-state index is 12.6. The molecule has 0 aromatic carbocycles. The van der Waals surface area contributed by atoms with E-state index in [4.69, 9.17) is 10.5 Å². The summed E-state index contributed by atoms with van der Waals surface area (Å²) in [4.78, 5) is 6.36. The molecular weight excluding hydrogens is 233 g/mol. The summed E-state index contributed by atoms with van der Waals surface area (Å²) in [6.07, 6.45) is -0.153. The van der Waals surface area contributed by atoms with E-state index in [0.29, 0.717) is 11.6 Å². The third-order valence-corrected chi connectivity index (χ3v) is 1.96. The number of nitrogens with zero attached hydrogens (tertiary/aromatic N) is 4. The molecule has 0 amide bonds. The maximum absolute atomic E-state index is 12.6. The fourth-order valence-electron chi connectivity index (χ4n) is 1.23. The molecule has 17 heavy (non-hydrogen) atoms. The van der Waals surface area contributed by atoms with E-state index in [1.54, 1.807) is 0 Å². The topological polar surface area (TPSA) is 72.3 Å². The lowest BCUT2D eigenvalue weighted by Crippen LogP contribution is -2.24. The Bertz CT molecular complexity index is 535. The van der Waals surface area contributed by atoms with E-state index in [1.807, 2.05) is 0 Å². The summed E-state index contributed by atoms with van der Waals surface area (Å²) >= 11 is 0. The average molecular weight is 238 g/mol. The molecule has 0 aromatic rings. The van der Waals surface area contributed by atoms with Gasteiger partial charge in [0.05, 0.1) is 17.0 Å². The van der Waals surface area contributed by atoms with Gasteiger partial charge in [-0.15, -0.1) is 0 Å². The lowest BCUT2D eigenvalue weighted by Gasteiger charge is -2.16. The Morgan fingerprint density at radius 3 is 2.06 bits per heavy atom. The van der Waals surface area contributed by atoms with Crippen molar-refractivity contribution < 1.29 is 13.2 Å². The fraction of sp³-hybridized carbons (Fsp3) is 0.200. The molecule has 0 saturated heterocycles. The van der Waals surface area contributed by atoms with E-state index in [2.05, 4.69) is 9.98 Å². The van der Waals surface area contributed by atoms with Crippen LogP contribution in [-0.2, 0) is 0 Å². The first-order valence-corrected chi connectivity index (χ1v) is 4.31. The Balaban J connectivity index is 3.39. The Morgan fingerprint density at radius 2 is 1.59 bits per heavy atom. The number of alkyl halides is 3. The highest BCUT2D eigenvalue weighted by atomic mass is 19.4. The molecule has 0 atom stereocenters. The van der Waals surface area contributed by atoms with Gasteiger partial charge in [0.25, 0.3) is 0 Å². The fourth-order valence-corrected chi connectivity index (χ4v) is 1.23. The third-order valence-electron chi connectivity index (χ3n) is 1.96. The minimum atomic E-state index is -4.65. The summed E-state index contributed by atoms with van der Waals surface area (Å²) in [7, 11) is 0. The molecule has 0 radical (unpaired) electrons. The minimum absolute atomic E-state index is 0.0864. The van der Waals surface area contributed by atoms with Crippen LogP contribution < -0.4 is 0 Å². The summed E-state index contributed by atoms with van der Waals surface area (Å²) < 4.78 is 37.9. The van der Waals surface area contributed by atoms with Crippen molar-refractivity contribution in [2.45, 2.75) is 13.1 Å². The molecule has 1 rings (SSSR count). The van der Waals surface area contributed by atoms with Crippen LogP contribution in [-0.4, -0.2) is 17.6 Å². The first-order valence-electron chi connectivity index (χ1n) is 4.31. The van der Waals surface area contributed by atoms with Crippen molar-refractivity contribution in [3.05, 3.63) is 23.3 Å².